The molecular weight excluding hydrogens is 137 g/mol. The highest BCUT2D eigenvalue weighted by Gasteiger charge is 2.29. The van der Waals surface area contributed by atoms with Crippen molar-refractivity contribution in [2.24, 2.45) is 0 Å². The van der Waals surface area contributed by atoms with Crippen LogP contribution in [0.5, 0.6) is 0 Å². The molecule has 0 aliphatic carbocycles. The Morgan fingerprint density at radius 1 is 1.40 bits per heavy atom. The van der Waals surface area contributed by atoms with E-state index in [0.717, 1.165) is 4.90 Å². The minimum Gasteiger partial charge on any atom is -0.286 e. The van der Waals surface area contributed by atoms with Crippen LogP contribution < -0.4 is 0 Å². The second kappa shape index (κ2) is 2.36. The molecule has 1 aliphatic rings. The Hall–Kier alpha value is -0.930. The lowest BCUT2D eigenvalue weighted by atomic mass is 10.1. The molecule has 4 heteroatoms. The Balaban J connectivity index is 2.66. The number of likely N-dealkylation sites (tertiary alicyclic amines) is 1. The SMILES string of the molecule is CN1C(=O)CC(F)CC1=O. The molecule has 56 valence electrons. The predicted molar refractivity (Wildman–Crippen MR) is 31.9 cm³/mol. The molecule has 0 aromatic rings. The average molecular weight is 145 g/mol. The van der Waals surface area contributed by atoms with E-state index in [4.69, 9.17) is 0 Å². The summed E-state index contributed by atoms with van der Waals surface area (Å²) in [6, 6.07) is 0. The molecular formula is C6H8FNO2. The number of rotatable bonds is 0. The summed E-state index contributed by atoms with van der Waals surface area (Å²) >= 11 is 0. The van der Waals surface area contributed by atoms with Crippen molar-refractivity contribution in [2.45, 2.75) is 19.0 Å². The number of nitrogens with zero attached hydrogens (tertiary/aromatic N) is 1. The highest BCUT2D eigenvalue weighted by Crippen LogP contribution is 2.13. The molecule has 0 aromatic carbocycles. The van der Waals surface area contributed by atoms with E-state index in [1.807, 2.05) is 0 Å². The molecule has 0 unspecified atom stereocenters. The minimum atomic E-state index is -1.27. The first-order valence-corrected chi connectivity index (χ1v) is 3.04. The summed E-state index contributed by atoms with van der Waals surface area (Å²) in [4.78, 5) is 22.3. The predicted octanol–water partition coefficient (Wildman–Crippen LogP) is 0.103. The second-order valence-electron chi connectivity index (χ2n) is 2.35. The van der Waals surface area contributed by atoms with Crippen LogP contribution in [0.25, 0.3) is 0 Å². The summed E-state index contributed by atoms with van der Waals surface area (Å²) in [5, 5.41) is 0. The van der Waals surface area contributed by atoms with Gasteiger partial charge in [-0.3, -0.25) is 14.5 Å². The van der Waals surface area contributed by atoms with Crippen LogP contribution in [0.3, 0.4) is 0 Å². The topological polar surface area (TPSA) is 37.4 Å². The molecule has 1 rings (SSSR count). The quantitative estimate of drug-likeness (QED) is 0.453. The van der Waals surface area contributed by atoms with Gasteiger partial charge in [0, 0.05) is 7.05 Å². The zero-order valence-electron chi connectivity index (χ0n) is 5.63. The van der Waals surface area contributed by atoms with E-state index >= 15 is 0 Å². The van der Waals surface area contributed by atoms with Gasteiger partial charge in [0.25, 0.3) is 0 Å². The number of hydrogen-bond donors (Lipinski definition) is 0. The average Bonchev–Trinajstić information content (AvgIpc) is 1.82. The number of carbonyl (C=O) groups excluding carboxylic acids is 2. The summed E-state index contributed by atoms with van der Waals surface area (Å²) in [7, 11) is 1.37. The van der Waals surface area contributed by atoms with Crippen LogP contribution in [0.2, 0.25) is 0 Å². The Kier molecular flexibility index (Phi) is 1.70. The van der Waals surface area contributed by atoms with Crippen molar-refractivity contribution in [3.8, 4) is 0 Å². The molecule has 2 amide bonds. The van der Waals surface area contributed by atoms with Gasteiger partial charge >= 0.3 is 0 Å². The molecule has 0 spiro atoms. The van der Waals surface area contributed by atoms with Gasteiger partial charge in [0.1, 0.15) is 6.17 Å². The summed E-state index contributed by atoms with van der Waals surface area (Å²) in [5.41, 5.74) is 0. The van der Waals surface area contributed by atoms with Gasteiger partial charge in [-0.05, 0) is 0 Å². The van der Waals surface area contributed by atoms with Crippen molar-refractivity contribution < 1.29 is 14.0 Å². The molecule has 0 saturated carbocycles. The first-order chi connectivity index (χ1) is 4.61. The summed E-state index contributed by atoms with van der Waals surface area (Å²) in [6.07, 6.45) is -1.57. The normalized spacial score (nSPS) is 22.0. The molecule has 1 fully saturated rings. The fraction of sp³-hybridized carbons (Fsp3) is 0.667. The fourth-order valence-corrected chi connectivity index (χ4v) is 0.864. The number of piperidine rings is 1. The number of halogens is 1. The maximum atomic E-state index is 12.4. The van der Waals surface area contributed by atoms with Crippen LogP contribution in [0.1, 0.15) is 12.8 Å². The van der Waals surface area contributed by atoms with Gasteiger partial charge in [-0.15, -0.1) is 0 Å². The van der Waals surface area contributed by atoms with Gasteiger partial charge in [0.15, 0.2) is 0 Å². The van der Waals surface area contributed by atoms with Crippen molar-refractivity contribution >= 4 is 11.8 Å². The van der Waals surface area contributed by atoms with Gasteiger partial charge in [-0.1, -0.05) is 0 Å². The maximum absolute atomic E-state index is 12.4. The molecule has 0 atom stereocenters. The maximum Gasteiger partial charge on any atom is 0.231 e. The van der Waals surface area contributed by atoms with Crippen LogP contribution in [0, 0.1) is 0 Å². The van der Waals surface area contributed by atoms with Crippen LogP contribution in [-0.4, -0.2) is 29.9 Å². The Morgan fingerprint density at radius 3 is 2.20 bits per heavy atom. The number of imide groups is 1. The molecule has 0 aromatic heterocycles. The summed E-state index contributed by atoms with van der Waals surface area (Å²) < 4.78 is 12.4. The van der Waals surface area contributed by atoms with Crippen LogP contribution in [-0.2, 0) is 9.59 Å². The van der Waals surface area contributed by atoms with Gasteiger partial charge < -0.3 is 0 Å². The van der Waals surface area contributed by atoms with Gasteiger partial charge in [-0.25, -0.2) is 4.39 Å². The zero-order valence-corrected chi connectivity index (χ0v) is 5.63. The van der Waals surface area contributed by atoms with Crippen molar-refractivity contribution in [1.82, 2.24) is 4.90 Å². The van der Waals surface area contributed by atoms with Crippen molar-refractivity contribution in [1.29, 1.82) is 0 Å². The summed E-state index contributed by atoms with van der Waals surface area (Å²) in [6.45, 7) is 0. The fourth-order valence-electron chi connectivity index (χ4n) is 0.864. The Labute approximate surface area is 57.8 Å². The smallest absolute Gasteiger partial charge is 0.231 e. The Bertz CT molecular complexity index is 163. The first-order valence-electron chi connectivity index (χ1n) is 3.04. The standard InChI is InChI=1S/C6H8FNO2/c1-8-5(9)2-4(7)3-6(8)10/h4H,2-3H2,1H3. The molecule has 1 aliphatic heterocycles. The van der Waals surface area contributed by atoms with Crippen LogP contribution >= 0.6 is 0 Å². The lowest BCUT2D eigenvalue weighted by Gasteiger charge is -2.22. The highest BCUT2D eigenvalue weighted by molar-refractivity contribution is 5.97. The van der Waals surface area contributed by atoms with Crippen molar-refractivity contribution in [3.63, 3.8) is 0 Å². The zero-order chi connectivity index (χ0) is 7.72. The molecule has 10 heavy (non-hydrogen) atoms. The molecule has 0 bridgehead atoms. The molecule has 1 saturated heterocycles. The van der Waals surface area contributed by atoms with E-state index in [9.17, 15) is 14.0 Å². The van der Waals surface area contributed by atoms with E-state index in [1.54, 1.807) is 0 Å². The van der Waals surface area contributed by atoms with E-state index in [1.165, 1.54) is 7.05 Å². The van der Waals surface area contributed by atoms with Crippen LogP contribution in [0.15, 0.2) is 0 Å². The van der Waals surface area contributed by atoms with Gasteiger partial charge in [0.2, 0.25) is 11.8 Å². The minimum absolute atomic E-state index is 0.151. The molecule has 1 heterocycles. The molecule has 0 N–H and O–H groups in total. The van der Waals surface area contributed by atoms with Crippen molar-refractivity contribution in [2.75, 3.05) is 7.05 Å². The van der Waals surface area contributed by atoms with Crippen LogP contribution in [0.4, 0.5) is 4.39 Å². The third-order valence-corrected chi connectivity index (χ3v) is 1.54. The lowest BCUT2D eigenvalue weighted by molar-refractivity contribution is -0.148. The third kappa shape index (κ3) is 1.15. The monoisotopic (exact) mass is 145 g/mol. The van der Waals surface area contributed by atoms with E-state index in [2.05, 4.69) is 0 Å². The second-order valence-corrected chi connectivity index (χ2v) is 2.35. The lowest BCUT2D eigenvalue weighted by Crippen LogP contribution is -2.40. The Morgan fingerprint density at radius 2 is 1.80 bits per heavy atom. The van der Waals surface area contributed by atoms with Gasteiger partial charge in [0.05, 0.1) is 12.8 Å². The number of carbonyl (C=O) groups is 2. The number of hydrogen-bond acceptors (Lipinski definition) is 2. The number of alkyl halides is 1. The summed E-state index contributed by atoms with van der Waals surface area (Å²) in [5.74, 6) is -0.854. The molecule has 0 radical (unpaired) electrons. The van der Waals surface area contributed by atoms with E-state index in [0.29, 0.717) is 0 Å². The number of amides is 2. The van der Waals surface area contributed by atoms with Crippen molar-refractivity contribution in [3.05, 3.63) is 0 Å². The third-order valence-electron chi connectivity index (χ3n) is 1.54. The first kappa shape index (κ1) is 7.18. The van der Waals surface area contributed by atoms with Gasteiger partial charge in [-0.2, -0.15) is 0 Å². The van der Waals surface area contributed by atoms with E-state index < -0.39 is 18.0 Å². The highest BCUT2D eigenvalue weighted by atomic mass is 19.1. The largest absolute Gasteiger partial charge is 0.286 e. The molecule has 3 nitrogen and oxygen atoms in total. The van der Waals surface area contributed by atoms with E-state index in [-0.39, 0.29) is 12.8 Å².